The van der Waals surface area contributed by atoms with E-state index in [1.165, 1.54) is 0 Å². The van der Waals surface area contributed by atoms with Crippen molar-refractivity contribution in [3.63, 3.8) is 0 Å². The van der Waals surface area contributed by atoms with E-state index in [-0.39, 0.29) is 0 Å². The van der Waals surface area contributed by atoms with Crippen LogP contribution in [0.15, 0.2) is 0 Å². The van der Waals surface area contributed by atoms with Crippen molar-refractivity contribution in [3.8, 4) is 11.5 Å². The van der Waals surface area contributed by atoms with E-state index in [2.05, 4.69) is 9.47 Å². The van der Waals surface area contributed by atoms with E-state index in [0.29, 0.717) is 0 Å². The zero-order valence-electron chi connectivity index (χ0n) is 11.2. The maximum atomic E-state index is 11.3. The Morgan fingerprint density at radius 3 is 1.00 bits per heavy atom. The number of carboxylic acid groups (broad SMARTS) is 4. The summed E-state index contributed by atoms with van der Waals surface area (Å²) in [6, 6.07) is 0. The summed E-state index contributed by atoms with van der Waals surface area (Å²) < 4.78 is 8.47. The number of carbonyl (C=O) groups excluding carboxylic acids is 2. The zero-order valence-corrected chi connectivity index (χ0v) is 11.2. The van der Waals surface area contributed by atoms with Gasteiger partial charge in [0.05, 0.1) is 11.1 Å². The van der Waals surface area contributed by atoms with Gasteiger partial charge in [-0.05, 0) is 0 Å². The molecule has 0 aliphatic rings. The van der Waals surface area contributed by atoms with Crippen molar-refractivity contribution in [2.24, 2.45) is 0 Å². The van der Waals surface area contributed by atoms with Crippen LogP contribution in [0, 0.1) is 0 Å². The maximum absolute atomic E-state index is 11.3. The highest BCUT2D eigenvalue weighted by Crippen LogP contribution is 2.40. The first kappa shape index (κ1) is 18.1. The summed E-state index contributed by atoms with van der Waals surface area (Å²) in [5.74, 6) is -10.9. The third-order valence-electron chi connectivity index (χ3n) is 2.60. The normalized spacial score (nSPS) is 9.67. The molecule has 0 aliphatic heterocycles. The fourth-order valence-corrected chi connectivity index (χ4v) is 1.86. The van der Waals surface area contributed by atoms with Gasteiger partial charge in [0.25, 0.3) is 12.9 Å². The molecular formula is C12H6O12. The van der Waals surface area contributed by atoms with E-state index in [1.807, 2.05) is 0 Å². The molecular weight excluding hydrogens is 336 g/mol. The SMILES string of the molecule is O=COc1c(OC=O)c(C(=O)O)c(C(=O)O)c(C(=O)O)c1C(=O)O. The van der Waals surface area contributed by atoms with E-state index in [1.54, 1.807) is 0 Å². The molecule has 1 rings (SSSR count). The number of carboxylic acids is 4. The van der Waals surface area contributed by atoms with Crippen LogP contribution >= 0.6 is 0 Å². The molecule has 126 valence electrons. The molecule has 0 unspecified atom stereocenters. The molecule has 1 aromatic carbocycles. The van der Waals surface area contributed by atoms with Crippen LogP contribution in [0.1, 0.15) is 41.4 Å². The molecule has 0 fully saturated rings. The highest BCUT2D eigenvalue weighted by Gasteiger charge is 2.38. The minimum Gasteiger partial charge on any atom is -0.478 e. The van der Waals surface area contributed by atoms with Crippen LogP contribution in [-0.4, -0.2) is 57.2 Å². The minimum atomic E-state index is -2.12. The predicted molar refractivity (Wildman–Crippen MR) is 67.7 cm³/mol. The minimum absolute atomic E-state index is 0.392. The number of rotatable bonds is 8. The van der Waals surface area contributed by atoms with Gasteiger partial charge in [0.1, 0.15) is 11.1 Å². The van der Waals surface area contributed by atoms with Crippen LogP contribution in [0.2, 0.25) is 0 Å². The average molecular weight is 342 g/mol. The lowest BCUT2D eigenvalue weighted by molar-refractivity contribution is -0.123. The Morgan fingerprint density at radius 2 is 0.833 bits per heavy atom. The molecule has 0 bridgehead atoms. The van der Waals surface area contributed by atoms with Crippen molar-refractivity contribution in [2.45, 2.75) is 0 Å². The highest BCUT2D eigenvalue weighted by atomic mass is 16.6. The van der Waals surface area contributed by atoms with Crippen LogP contribution in [0.3, 0.4) is 0 Å². The number of carbonyl (C=O) groups is 6. The Morgan fingerprint density at radius 1 is 0.583 bits per heavy atom. The van der Waals surface area contributed by atoms with Crippen molar-refractivity contribution in [3.05, 3.63) is 22.3 Å². The molecule has 0 radical (unpaired) electrons. The summed E-state index contributed by atoms with van der Waals surface area (Å²) >= 11 is 0. The topological polar surface area (TPSA) is 202 Å². The highest BCUT2D eigenvalue weighted by molar-refractivity contribution is 6.17. The second-order valence-electron chi connectivity index (χ2n) is 3.81. The molecule has 0 aliphatic carbocycles. The van der Waals surface area contributed by atoms with Gasteiger partial charge in [0, 0.05) is 0 Å². The van der Waals surface area contributed by atoms with E-state index >= 15 is 0 Å². The number of ether oxygens (including phenoxy) is 2. The Hall–Kier alpha value is -3.96. The van der Waals surface area contributed by atoms with E-state index < -0.39 is 70.6 Å². The van der Waals surface area contributed by atoms with Crippen molar-refractivity contribution in [1.82, 2.24) is 0 Å². The van der Waals surface area contributed by atoms with Gasteiger partial charge in [-0.2, -0.15) is 0 Å². The molecule has 0 saturated carbocycles. The zero-order chi connectivity index (χ0) is 18.6. The number of benzene rings is 1. The summed E-state index contributed by atoms with van der Waals surface area (Å²) in [5.41, 5.74) is -5.70. The van der Waals surface area contributed by atoms with Gasteiger partial charge in [0.2, 0.25) is 0 Å². The van der Waals surface area contributed by atoms with Crippen LogP contribution < -0.4 is 9.47 Å². The van der Waals surface area contributed by atoms with Gasteiger partial charge in [-0.25, -0.2) is 19.2 Å². The molecule has 4 N–H and O–H groups in total. The lowest BCUT2D eigenvalue weighted by Crippen LogP contribution is -2.22. The molecule has 0 heterocycles. The Labute approximate surface area is 130 Å². The average Bonchev–Trinajstić information content (AvgIpc) is 2.46. The van der Waals surface area contributed by atoms with Crippen molar-refractivity contribution in [1.29, 1.82) is 0 Å². The summed E-state index contributed by atoms with van der Waals surface area (Å²) in [5, 5.41) is 36.4. The molecule has 0 atom stereocenters. The smallest absolute Gasteiger partial charge is 0.340 e. The number of aromatic carboxylic acids is 4. The summed E-state index contributed by atoms with van der Waals surface area (Å²) in [6.45, 7) is -0.783. The fourth-order valence-electron chi connectivity index (χ4n) is 1.86. The molecule has 12 nitrogen and oxygen atoms in total. The quantitative estimate of drug-likeness (QED) is 0.444. The van der Waals surface area contributed by atoms with Crippen LogP contribution in [0.5, 0.6) is 11.5 Å². The van der Waals surface area contributed by atoms with E-state index in [0.717, 1.165) is 0 Å². The third kappa shape index (κ3) is 2.96. The van der Waals surface area contributed by atoms with Gasteiger partial charge in [-0.15, -0.1) is 0 Å². The number of hydrogen-bond donors (Lipinski definition) is 4. The molecule has 1 aromatic rings. The van der Waals surface area contributed by atoms with Gasteiger partial charge in [-0.3, -0.25) is 9.59 Å². The van der Waals surface area contributed by atoms with Crippen LogP contribution in [0.4, 0.5) is 0 Å². The fraction of sp³-hybridized carbons (Fsp3) is 0. The molecule has 0 spiro atoms. The molecule has 0 amide bonds. The van der Waals surface area contributed by atoms with Crippen molar-refractivity contribution >= 4 is 36.8 Å². The summed E-state index contributed by atoms with van der Waals surface area (Å²) in [6.07, 6.45) is 0. The van der Waals surface area contributed by atoms with Crippen molar-refractivity contribution < 1.29 is 58.7 Å². The Balaban J connectivity index is 4.30. The van der Waals surface area contributed by atoms with Crippen LogP contribution in [0.25, 0.3) is 0 Å². The van der Waals surface area contributed by atoms with Gasteiger partial charge in [-0.1, -0.05) is 0 Å². The molecule has 0 aromatic heterocycles. The summed E-state index contributed by atoms with van der Waals surface area (Å²) in [7, 11) is 0. The van der Waals surface area contributed by atoms with E-state index in [9.17, 15) is 28.8 Å². The molecule has 24 heavy (non-hydrogen) atoms. The van der Waals surface area contributed by atoms with Gasteiger partial charge >= 0.3 is 23.9 Å². The lowest BCUT2D eigenvalue weighted by atomic mass is 9.93. The lowest BCUT2D eigenvalue weighted by Gasteiger charge is -2.16. The Kier molecular flexibility index (Phi) is 5.18. The third-order valence-corrected chi connectivity index (χ3v) is 2.60. The van der Waals surface area contributed by atoms with E-state index in [4.69, 9.17) is 20.4 Å². The first-order valence-corrected chi connectivity index (χ1v) is 5.56. The first-order valence-electron chi connectivity index (χ1n) is 5.56. The van der Waals surface area contributed by atoms with Crippen molar-refractivity contribution in [2.75, 3.05) is 0 Å². The van der Waals surface area contributed by atoms with Crippen LogP contribution in [-0.2, 0) is 9.59 Å². The predicted octanol–water partition coefficient (Wildman–Crippen LogP) is -0.450. The van der Waals surface area contributed by atoms with Gasteiger partial charge < -0.3 is 29.9 Å². The largest absolute Gasteiger partial charge is 0.478 e. The first-order chi connectivity index (χ1) is 11.2. The summed E-state index contributed by atoms with van der Waals surface area (Å²) in [4.78, 5) is 66.2. The molecule has 0 saturated heterocycles. The second kappa shape index (κ2) is 6.87. The Bertz CT molecular complexity index is 710. The molecule has 12 heteroatoms. The van der Waals surface area contributed by atoms with Gasteiger partial charge in [0.15, 0.2) is 11.5 Å². The monoisotopic (exact) mass is 342 g/mol. The number of hydrogen-bond acceptors (Lipinski definition) is 8. The maximum Gasteiger partial charge on any atom is 0.340 e. The second-order valence-corrected chi connectivity index (χ2v) is 3.81. The standard InChI is InChI=1S/C12H6O12/c13-1-23-7-5(11(19)20)3(9(15)16)4(10(17)18)6(12(21)22)8(7)24-2-14/h1-2H,(H,15,16)(H,17,18)(H,19,20)(H,21,22).